The molecule has 2 N–H and O–H groups in total. The topological polar surface area (TPSA) is 58.2 Å². The summed E-state index contributed by atoms with van der Waals surface area (Å²) >= 11 is 0. The van der Waals surface area contributed by atoms with E-state index in [0.29, 0.717) is 0 Å². The lowest BCUT2D eigenvalue weighted by atomic mass is 9.85. The van der Waals surface area contributed by atoms with Crippen LogP contribution in [0.4, 0.5) is 11.4 Å². The van der Waals surface area contributed by atoms with E-state index in [1.165, 1.54) is 0 Å². The molecule has 1 aliphatic carbocycles. The number of benzene rings is 2. The van der Waals surface area contributed by atoms with Crippen molar-refractivity contribution in [2.24, 2.45) is 11.8 Å². The summed E-state index contributed by atoms with van der Waals surface area (Å²) in [5.74, 6) is -0.339. The number of fused-ring (bicyclic) bond motifs is 1. The van der Waals surface area contributed by atoms with Crippen LogP contribution in [0.25, 0.3) is 0 Å². The minimum Gasteiger partial charge on any atom is -0.356 e. The molecule has 2 aromatic carbocycles. The van der Waals surface area contributed by atoms with Gasteiger partial charge < -0.3 is 5.32 Å². The van der Waals surface area contributed by atoms with Gasteiger partial charge in [0.25, 0.3) is 0 Å². The Hall–Kier alpha value is -2.88. The fraction of sp³-hybridized carbons (Fsp3) is 0.200. The number of para-hydroxylation sites is 2. The number of imide groups is 1. The van der Waals surface area contributed by atoms with Gasteiger partial charge in [-0.05, 0) is 37.1 Å². The number of rotatable bonds is 2. The molecule has 0 spiro atoms. The van der Waals surface area contributed by atoms with Gasteiger partial charge in [0.1, 0.15) is 0 Å². The van der Waals surface area contributed by atoms with Crippen LogP contribution in [0.1, 0.15) is 12.8 Å². The van der Waals surface area contributed by atoms with Crippen LogP contribution in [0.15, 0.2) is 72.8 Å². The smallest absolute Gasteiger partial charge is 0.230 e. The maximum Gasteiger partial charge on any atom is 0.230 e. The average molecular weight is 320 g/mol. The zero-order valence-electron chi connectivity index (χ0n) is 13.3. The Morgan fingerprint density at radius 3 is 1.54 bits per heavy atom. The lowest BCUT2D eigenvalue weighted by Gasteiger charge is -2.14. The highest BCUT2D eigenvalue weighted by Gasteiger charge is 2.40. The van der Waals surface area contributed by atoms with E-state index in [2.05, 4.69) is 10.6 Å². The summed E-state index contributed by atoms with van der Waals surface area (Å²) in [5.41, 5.74) is 2.24. The number of anilines is 2. The van der Waals surface area contributed by atoms with Crippen LogP contribution in [0, 0.1) is 11.8 Å². The molecule has 2 atom stereocenters. The highest BCUT2D eigenvalue weighted by Crippen LogP contribution is 2.29. The summed E-state index contributed by atoms with van der Waals surface area (Å²) in [6.45, 7) is 0. The Balaban J connectivity index is 0.000000143. The highest BCUT2D eigenvalue weighted by molar-refractivity contribution is 6.05. The minimum absolute atomic E-state index is 0.0764. The van der Waals surface area contributed by atoms with Crippen LogP contribution in [-0.4, -0.2) is 11.8 Å². The fourth-order valence-corrected chi connectivity index (χ4v) is 2.91. The first-order valence-electron chi connectivity index (χ1n) is 8.11. The van der Waals surface area contributed by atoms with Crippen LogP contribution in [0.5, 0.6) is 0 Å². The number of hydrogen-bond acceptors (Lipinski definition) is 3. The lowest BCUT2D eigenvalue weighted by Crippen LogP contribution is -2.21. The zero-order chi connectivity index (χ0) is 16.8. The number of nitrogens with one attached hydrogen (secondary N) is 2. The molecule has 4 rings (SSSR count). The molecule has 24 heavy (non-hydrogen) atoms. The Morgan fingerprint density at radius 1 is 0.708 bits per heavy atom. The zero-order valence-corrected chi connectivity index (χ0v) is 13.3. The van der Waals surface area contributed by atoms with E-state index >= 15 is 0 Å². The number of allylic oxidation sites excluding steroid dienone is 2. The van der Waals surface area contributed by atoms with E-state index in [0.717, 1.165) is 24.2 Å². The van der Waals surface area contributed by atoms with Gasteiger partial charge in [-0.2, -0.15) is 0 Å². The van der Waals surface area contributed by atoms with Gasteiger partial charge in [0, 0.05) is 11.4 Å². The summed E-state index contributed by atoms with van der Waals surface area (Å²) in [7, 11) is 0. The Labute approximate surface area is 141 Å². The summed E-state index contributed by atoms with van der Waals surface area (Å²) in [6.07, 6.45) is 5.39. The number of carbonyl (C=O) groups excluding carboxylic acids is 2. The fourth-order valence-electron chi connectivity index (χ4n) is 2.91. The molecule has 1 heterocycles. The van der Waals surface area contributed by atoms with E-state index in [1.54, 1.807) is 0 Å². The van der Waals surface area contributed by atoms with E-state index in [9.17, 15) is 9.59 Å². The highest BCUT2D eigenvalue weighted by atomic mass is 16.2. The molecule has 122 valence electrons. The molecular formula is C20H20N2O2. The van der Waals surface area contributed by atoms with E-state index < -0.39 is 0 Å². The SMILES string of the molecule is O=C1NC(=O)C2CC=CCC12.c1ccc(Nc2ccccc2)cc1. The number of amides is 2. The molecule has 4 nitrogen and oxygen atoms in total. The van der Waals surface area contributed by atoms with Gasteiger partial charge in [0.15, 0.2) is 0 Å². The number of hydrogen-bond donors (Lipinski definition) is 2. The van der Waals surface area contributed by atoms with Crippen LogP contribution in [0.3, 0.4) is 0 Å². The number of carbonyl (C=O) groups is 2. The first kappa shape index (κ1) is 16.0. The van der Waals surface area contributed by atoms with Gasteiger partial charge in [0.05, 0.1) is 11.8 Å². The van der Waals surface area contributed by atoms with E-state index in [4.69, 9.17) is 0 Å². The lowest BCUT2D eigenvalue weighted by molar-refractivity contribution is -0.126. The summed E-state index contributed by atoms with van der Waals surface area (Å²) in [6, 6.07) is 20.3. The Morgan fingerprint density at radius 2 is 1.12 bits per heavy atom. The van der Waals surface area contributed by atoms with Crippen LogP contribution in [0.2, 0.25) is 0 Å². The van der Waals surface area contributed by atoms with Crippen molar-refractivity contribution < 1.29 is 9.59 Å². The second-order valence-corrected chi connectivity index (χ2v) is 5.87. The molecule has 2 aromatic rings. The summed E-state index contributed by atoms with van der Waals surface area (Å²) in [4.78, 5) is 22.1. The summed E-state index contributed by atoms with van der Waals surface area (Å²) in [5, 5.41) is 5.64. The van der Waals surface area contributed by atoms with E-state index in [1.807, 2.05) is 72.8 Å². The third-order valence-electron chi connectivity index (χ3n) is 4.19. The van der Waals surface area contributed by atoms with Crippen molar-refractivity contribution in [1.29, 1.82) is 0 Å². The van der Waals surface area contributed by atoms with Crippen molar-refractivity contribution in [3.05, 3.63) is 72.8 Å². The van der Waals surface area contributed by atoms with Gasteiger partial charge in [-0.25, -0.2) is 0 Å². The van der Waals surface area contributed by atoms with E-state index in [-0.39, 0.29) is 23.7 Å². The van der Waals surface area contributed by atoms with Crippen molar-refractivity contribution in [2.75, 3.05) is 5.32 Å². The maximum atomic E-state index is 11.1. The average Bonchev–Trinajstić information content (AvgIpc) is 2.92. The largest absolute Gasteiger partial charge is 0.356 e. The molecule has 1 saturated heterocycles. The van der Waals surface area contributed by atoms with Crippen molar-refractivity contribution in [3.63, 3.8) is 0 Å². The van der Waals surface area contributed by atoms with Crippen LogP contribution in [-0.2, 0) is 9.59 Å². The van der Waals surface area contributed by atoms with Crippen LogP contribution < -0.4 is 10.6 Å². The third kappa shape index (κ3) is 3.90. The summed E-state index contributed by atoms with van der Waals surface area (Å²) < 4.78 is 0. The van der Waals surface area contributed by atoms with Gasteiger partial charge in [-0.1, -0.05) is 48.6 Å². The predicted octanol–water partition coefficient (Wildman–Crippen LogP) is 3.66. The monoisotopic (exact) mass is 320 g/mol. The standard InChI is InChI=1S/C12H11N.C8H9NO2/c1-3-7-11(8-4-1)13-12-9-5-2-6-10-12;10-7-5-3-1-2-4-6(5)8(11)9-7/h1-10,13H;1-2,5-6H,3-4H2,(H,9,10,11). The molecule has 1 fully saturated rings. The van der Waals surface area contributed by atoms with Gasteiger partial charge in [0.2, 0.25) is 11.8 Å². The molecule has 2 unspecified atom stereocenters. The second kappa shape index (κ2) is 7.59. The van der Waals surface area contributed by atoms with Gasteiger partial charge in [-0.3, -0.25) is 14.9 Å². The molecule has 4 heteroatoms. The molecular weight excluding hydrogens is 300 g/mol. The minimum atomic E-state index is -0.0932. The third-order valence-corrected chi connectivity index (χ3v) is 4.19. The van der Waals surface area contributed by atoms with Gasteiger partial charge >= 0.3 is 0 Å². The van der Waals surface area contributed by atoms with Crippen LogP contribution >= 0.6 is 0 Å². The molecule has 2 aliphatic rings. The van der Waals surface area contributed by atoms with Crippen molar-refractivity contribution in [2.45, 2.75) is 12.8 Å². The Bertz CT molecular complexity index is 664. The van der Waals surface area contributed by atoms with Crippen molar-refractivity contribution >= 4 is 23.2 Å². The normalized spacial score (nSPS) is 21.3. The molecule has 0 aromatic heterocycles. The quantitative estimate of drug-likeness (QED) is 0.656. The maximum absolute atomic E-state index is 11.1. The molecule has 1 aliphatic heterocycles. The second-order valence-electron chi connectivity index (χ2n) is 5.87. The predicted molar refractivity (Wildman–Crippen MR) is 94.7 cm³/mol. The van der Waals surface area contributed by atoms with Gasteiger partial charge in [-0.15, -0.1) is 0 Å². The molecule has 2 amide bonds. The molecule has 0 bridgehead atoms. The molecule has 0 saturated carbocycles. The van der Waals surface area contributed by atoms with Crippen molar-refractivity contribution in [3.8, 4) is 0 Å². The first-order chi connectivity index (χ1) is 11.7. The Kier molecular flexibility index (Phi) is 5.06. The van der Waals surface area contributed by atoms with Crippen molar-refractivity contribution in [1.82, 2.24) is 5.32 Å². The first-order valence-corrected chi connectivity index (χ1v) is 8.11. The molecule has 0 radical (unpaired) electrons.